The molecule has 0 aliphatic rings. The second-order valence-electron chi connectivity index (χ2n) is 5.43. The highest BCUT2D eigenvalue weighted by Gasteiger charge is 2.15. The van der Waals surface area contributed by atoms with E-state index in [1.54, 1.807) is 30.3 Å². The number of nitrogens with zero attached hydrogens (tertiary/aromatic N) is 3. The van der Waals surface area contributed by atoms with E-state index in [0.29, 0.717) is 29.3 Å². The summed E-state index contributed by atoms with van der Waals surface area (Å²) in [6.45, 7) is 0.390. The number of fused-ring (bicyclic) bond motifs is 1. The van der Waals surface area contributed by atoms with Crippen LogP contribution in [0.4, 0.5) is 4.39 Å². The fraction of sp³-hybridized carbons (Fsp3) is 0.0526. The van der Waals surface area contributed by atoms with Crippen molar-refractivity contribution in [3.63, 3.8) is 0 Å². The lowest BCUT2D eigenvalue weighted by Gasteiger charge is -2.08. The lowest BCUT2D eigenvalue weighted by molar-refractivity contribution is 0.295. The first kappa shape index (κ1) is 15.6. The normalized spacial score (nSPS) is 11.0. The average Bonchev–Trinajstić information content (AvgIpc) is 2.96. The quantitative estimate of drug-likeness (QED) is 0.529. The maximum Gasteiger partial charge on any atom is 0.215 e. The molecule has 0 amide bonds. The molecule has 2 aromatic heterocycles. The molecule has 0 fully saturated rings. The monoisotopic (exact) mass is 353 g/mol. The van der Waals surface area contributed by atoms with Gasteiger partial charge in [-0.1, -0.05) is 42.5 Å². The predicted molar refractivity (Wildman–Crippen MR) is 94.6 cm³/mol. The van der Waals surface area contributed by atoms with Crippen LogP contribution in [-0.4, -0.2) is 14.5 Å². The average molecular weight is 354 g/mol. The van der Waals surface area contributed by atoms with Gasteiger partial charge in [-0.2, -0.15) is 4.98 Å². The number of rotatable bonds is 4. The van der Waals surface area contributed by atoms with Gasteiger partial charge in [-0.05, 0) is 35.4 Å². The van der Waals surface area contributed by atoms with Gasteiger partial charge in [0.2, 0.25) is 11.2 Å². The van der Waals surface area contributed by atoms with Crippen molar-refractivity contribution in [1.82, 2.24) is 14.5 Å². The van der Waals surface area contributed by atoms with Gasteiger partial charge in [-0.3, -0.25) is 4.57 Å². The largest absolute Gasteiger partial charge is 0.473 e. The van der Waals surface area contributed by atoms with Gasteiger partial charge >= 0.3 is 0 Å². The third-order valence-corrected chi connectivity index (χ3v) is 4.01. The van der Waals surface area contributed by atoms with E-state index in [-0.39, 0.29) is 5.28 Å². The summed E-state index contributed by atoms with van der Waals surface area (Å²) >= 11 is 6.20. The van der Waals surface area contributed by atoms with Gasteiger partial charge in [0.05, 0.1) is 5.69 Å². The molecule has 0 atom stereocenters. The number of hydrogen-bond donors (Lipinski definition) is 0. The lowest BCUT2D eigenvalue weighted by Crippen LogP contribution is -2.01. The van der Waals surface area contributed by atoms with E-state index >= 15 is 0 Å². The van der Waals surface area contributed by atoms with Crippen molar-refractivity contribution in [3.8, 4) is 11.6 Å². The number of halogens is 2. The fourth-order valence-electron chi connectivity index (χ4n) is 2.57. The molecule has 2 aromatic carbocycles. The topological polar surface area (TPSA) is 39.9 Å². The molecule has 0 N–H and O–H groups in total. The van der Waals surface area contributed by atoms with E-state index in [0.717, 1.165) is 5.56 Å². The number of ether oxygens (including phenoxy) is 1. The van der Waals surface area contributed by atoms with Crippen LogP contribution in [0.2, 0.25) is 5.28 Å². The number of benzene rings is 2. The molecule has 124 valence electrons. The Morgan fingerprint density at radius 3 is 2.48 bits per heavy atom. The number of aromatic nitrogens is 3. The second kappa shape index (κ2) is 6.53. The summed E-state index contributed by atoms with van der Waals surface area (Å²) < 4.78 is 21.4. The molecule has 4 aromatic rings. The number of pyridine rings is 1. The highest BCUT2D eigenvalue weighted by molar-refractivity contribution is 6.29. The number of imidazole rings is 1. The van der Waals surface area contributed by atoms with Crippen molar-refractivity contribution < 1.29 is 9.13 Å². The highest BCUT2D eigenvalue weighted by Crippen LogP contribution is 2.26. The first-order valence-corrected chi connectivity index (χ1v) is 8.07. The van der Waals surface area contributed by atoms with E-state index in [2.05, 4.69) is 9.97 Å². The molecule has 2 heterocycles. The summed E-state index contributed by atoms with van der Waals surface area (Å²) in [6, 6.07) is 19.6. The van der Waals surface area contributed by atoms with Gasteiger partial charge in [0.25, 0.3) is 0 Å². The van der Waals surface area contributed by atoms with Gasteiger partial charge in [-0.15, -0.1) is 0 Å². The Kier molecular flexibility index (Phi) is 4.07. The minimum atomic E-state index is -0.402. The van der Waals surface area contributed by atoms with Crippen molar-refractivity contribution in [2.45, 2.75) is 6.61 Å². The first-order valence-electron chi connectivity index (χ1n) is 7.69. The van der Waals surface area contributed by atoms with Gasteiger partial charge in [0, 0.05) is 6.07 Å². The Hall–Kier alpha value is -2.92. The zero-order valence-corrected chi connectivity index (χ0v) is 13.8. The molecule has 25 heavy (non-hydrogen) atoms. The molecule has 0 aliphatic carbocycles. The molecule has 0 saturated carbocycles. The van der Waals surface area contributed by atoms with Crippen LogP contribution in [0.25, 0.3) is 16.9 Å². The fourth-order valence-corrected chi connectivity index (χ4v) is 2.83. The Balaban J connectivity index is 1.72. The minimum absolute atomic E-state index is 0.146. The molecule has 0 aliphatic heterocycles. The Morgan fingerprint density at radius 2 is 1.68 bits per heavy atom. The van der Waals surface area contributed by atoms with Gasteiger partial charge in [0.1, 0.15) is 17.9 Å². The van der Waals surface area contributed by atoms with Crippen molar-refractivity contribution in [1.29, 1.82) is 0 Å². The van der Waals surface area contributed by atoms with E-state index < -0.39 is 5.82 Å². The summed E-state index contributed by atoms with van der Waals surface area (Å²) in [5.74, 6) is 0.0200. The summed E-state index contributed by atoms with van der Waals surface area (Å²) in [4.78, 5) is 8.69. The third kappa shape index (κ3) is 3.06. The predicted octanol–water partition coefficient (Wildman–Crippen LogP) is 4.79. The molecular formula is C19H13ClFN3O. The van der Waals surface area contributed by atoms with Crippen molar-refractivity contribution in [2.75, 3.05) is 0 Å². The van der Waals surface area contributed by atoms with Crippen LogP contribution in [0.5, 0.6) is 5.88 Å². The zero-order valence-electron chi connectivity index (χ0n) is 13.1. The van der Waals surface area contributed by atoms with E-state index in [1.165, 1.54) is 10.6 Å². The zero-order chi connectivity index (χ0) is 17.2. The van der Waals surface area contributed by atoms with Gasteiger partial charge in [0.15, 0.2) is 5.65 Å². The van der Waals surface area contributed by atoms with Crippen LogP contribution in [0, 0.1) is 5.82 Å². The van der Waals surface area contributed by atoms with Crippen LogP contribution in [0.3, 0.4) is 0 Å². The summed E-state index contributed by atoms with van der Waals surface area (Å²) in [6.07, 6.45) is 0. The molecule has 0 spiro atoms. The molecular weight excluding hydrogens is 341 g/mol. The second-order valence-corrected chi connectivity index (χ2v) is 5.77. The van der Waals surface area contributed by atoms with Crippen LogP contribution in [-0.2, 0) is 6.61 Å². The Bertz CT molecular complexity index is 1030. The van der Waals surface area contributed by atoms with E-state index in [4.69, 9.17) is 16.3 Å². The standard InChI is InChI=1S/C19H13ClFN3O/c20-19-22-15-10-11-17(25-12-13-6-2-1-3-7-13)23-18(15)24(19)16-9-5-4-8-14(16)21/h1-11H,12H2. The van der Waals surface area contributed by atoms with Gasteiger partial charge < -0.3 is 4.74 Å². The number of para-hydroxylation sites is 1. The molecule has 6 heteroatoms. The molecule has 4 rings (SSSR count). The number of hydrogen-bond acceptors (Lipinski definition) is 3. The van der Waals surface area contributed by atoms with Crippen LogP contribution in [0.15, 0.2) is 66.7 Å². The smallest absolute Gasteiger partial charge is 0.215 e. The maximum atomic E-state index is 14.2. The lowest BCUT2D eigenvalue weighted by atomic mass is 10.2. The van der Waals surface area contributed by atoms with Crippen molar-refractivity contribution in [2.24, 2.45) is 0 Å². The maximum absolute atomic E-state index is 14.2. The molecule has 4 nitrogen and oxygen atoms in total. The van der Waals surface area contributed by atoms with Crippen LogP contribution < -0.4 is 4.74 Å². The molecule has 0 unspecified atom stereocenters. The van der Waals surface area contributed by atoms with Crippen molar-refractivity contribution in [3.05, 3.63) is 83.4 Å². The van der Waals surface area contributed by atoms with Crippen molar-refractivity contribution >= 4 is 22.8 Å². The SMILES string of the molecule is Fc1ccccc1-n1c(Cl)nc2ccc(OCc3ccccc3)nc21. The minimum Gasteiger partial charge on any atom is -0.473 e. The molecule has 0 saturated heterocycles. The van der Waals surface area contributed by atoms with E-state index in [1.807, 2.05) is 30.3 Å². The summed E-state index contributed by atoms with van der Waals surface area (Å²) in [5, 5.41) is 0.146. The van der Waals surface area contributed by atoms with Crippen LogP contribution >= 0.6 is 11.6 Å². The van der Waals surface area contributed by atoms with Gasteiger partial charge in [-0.25, -0.2) is 9.37 Å². The first-order chi connectivity index (χ1) is 12.2. The Labute approximate surface area is 148 Å². The Morgan fingerprint density at radius 1 is 0.920 bits per heavy atom. The summed E-state index contributed by atoms with van der Waals surface area (Å²) in [7, 11) is 0. The highest BCUT2D eigenvalue weighted by atomic mass is 35.5. The van der Waals surface area contributed by atoms with E-state index in [9.17, 15) is 4.39 Å². The van der Waals surface area contributed by atoms with Crippen LogP contribution in [0.1, 0.15) is 5.56 Å². The summed E-state index contributed by atoms with van der Waals surface area (Å²) in [5.41, 5.74) is 2.34. The third-order valence-electron chi connectivity index (χ3n) is 3.76. The molecule has 0 bridgehead atoms. The molecule has 0 radical (unpaired) electrons.